The number of hydrogen-bond acceptors (Lipinski definition) is 3. The fourth-order valence-corrected chi connectivity index (χ4v) is 2.90. The van der Waals surface area contributed by atoms with E-state index in [4.69, 9.17) is 4.74 Å². The molecule has 2 aliphatic rings. The first kappa shape index (κ1) is 12.0. The minimum absolute atomic E-state index is 0.713. The van der Waals surface area contributed by atoms with E-state index in [2.05, 4.69) is 35.5 Å². The lowest BCUT2D eigenvalue weighted by atomic mass is 10.1. The summed E-state index contributed by atoms with van der Waals surface area (Å²) in [6.45, 7) is 5.09. The highest BCUT2D eigenvalue weighted by Crippen LogP contribution is 2.27. The molecule has 3 rings (SSSR count). The van der Waals surface area contributed by atoms with Crippen molar-refractivity contribution in [3.8, 4) is 0 Å². The lowest BCUT2D eigenvalue weighted by Gasteiger charge is -2.13. The number of fused-ring (bicyclic) bond motifs is 1. The molecule has 18 heavy (non-hydrogen) atoms. The van der Waals surface area contributed by atoms with Gasteiger partial charge in [-0.25, -0.2) is 0 Å². The molecule has 1 atom stereocenters. The first-order valence-electron chi connectivity index (χ1n) is 6.94. The molecular formula is C15H22N2O. The molecule has 1 aromatic rings. The van der Waals surface area contributed by atoms with E-state index in [0.29, 0.717) is 5.92 Å². The fraction of sp³-hybridized carbons (Fsp3) is 0.600. The Labute approximate surface area is 109 Å². The largest absolute Gasteiger partial charge is 0.381 e. The average Bonchev–Trinajstić information content (AvgIpc) is 3.00. The number of anilines is 1. The van der Waals surface area contributed by atoms with Gasteiger partial charge >= 0.3 is 0 Å². The van der Waals surface area contributed by atoms with E-state index in [1.165, 1.54) is 29.7 Å². The first-order chi connectivity index (χ1) is 8.83. The van der Waals surface area contributed by atoms with Crippen LogP contribution in [0.3, 0.4) is 0 Å². The van der Waals surface area contributed by atoms with Gasteiger partial charge in [0.25, 0.3) is 0 Å². The zero-order chi connectivity index (χ0) is 12.4. The summed E-state index contributed by atoms with van der Waals surface area (Å²) < 4.78 is 5.39. The molecule has 3 nitrogen and oxygen atoms in total. The Bertz CT molecular complexity index is 413. The maximum atomic E-state index is 5.39. The van der Waals surface area contributed by atoms with Crippen LogP contribution in [0.25, 0.3) is 0 Å². The minimum atomic E-state index is 0.713. The summed E-state index contributed by atoms with van der Waals surface area (Å²) in [6, 6.07) is 6.87. The Morgan fingerprint density at radius 3 is 3.22 bits per heavy atom. The smallest absolute Gasteiger partial charge is 0.0507 e. The van der Waals surface area contributed by atoms with E-state index < -0.39 is 0 Å². The van der Waals surface area contributed by atoms with Crippen LogP contribution < -0.4 is 10.2 Å². The van der Waals surface area contributed by atoms with E-state index >= 15 is 0 Å². The first-order valence-corrected chi connectivity index (χ1v) is 6.94. The van der Waals surface area contributed by atoms with Crippen LogP contribution in [0, 0.1) is 5.92 Å². The van der Waals surface area contributed by atoms with Crippen molar-refractivity contribution >= 4 is 5.69 Å². The lowest BCUT2D eigenvalue weighted by Crippen LogP contribution is -2.22. The molecule has 0 spiro atoms. The summed E-state index contributed by atoms with van der Waals surface area (Å²) in [5.41, 5.74) is 4.31. The van der Waals surface area contributed by atoms with Gasteiger partial charge in [0.2, 0.25) is 0 Å². The van der Waals surface area contributed by atoms with Gasteiger partial charge in [-0.05, 0) is 36.0 Å². The third-order valence-electron chi connectivity index (χ3n) is 4.06. The second-order valence-corrected chi connectivity index (χ2v) is 5.50. The van der Waals surface area contributed by atoms with Crippen molar-refractivity contribution in [2.24, 2.45) is 5.92 Å². The van der Waals surface area contributed by atoms with Crippen LogP contribution in [0.2, 0.25) is 0 Å². The summed E-state index contributed by atoms with van der Waals surface area (Å²) in [7, 11) is 2.17. The number of nitrogens with zero attached hydrogens (tertiary/aromatic N) is 1. The molecule has 0 saturated carbocycles. The molecule has 0 aromatic heterocycles. The second-order valence-electron chi connectivity index (χ2n) is 5.50. The molecule has 1 unspecified atom stereocenters. The molecule has 1 aromatic carbocycles. The van der Waals surface area contributed by atoms with Crippen LogP contribution in [0.5, 0.6) is 0 Å². The van der Waals surface area contributed by atoms with Crippen molar-refractivity contribution in [1.29, 1.82) is 0 Å². The van der Waals surface area contributed by atoms with E-state index in [1.54, 1.807) is 0 Å². The molecule has 1 saturated heterocycles. The molecule has 0 aliphatic carbocycles. The molecule has 2 heterocycles. The molecular weight excluding hydrogens is 224 g/mol. The fourth-order valence-electron chi connectivity index (χ4n) is 2.90. The van der Waals surface area contributed by atoms with E-state index in [0.717, 1.165) is 32.8 Å². The standard InChI is InChI=1S/C15H22N2O/c1-17-6-4-14-8-12(2-3-15(14)17)9-16-10-13-5-7-18-11-13/h2-3,8,13,16H,4-7,9-11H2,1H3. The maximum absolute atomic E-state index is 5.39. The van der Waals surface area contributed by atoms with Gasteiger partial charge in [-0.15, -0.1) is 0 Å². The highest BCUT2D eigenvalue weighted by atomic mass is 16.5. The highest BCUT2D eigenvalue weighted by molar-refractivity contribution is 5.58. The monoisotopic (exact) mass is 246 g/mol. The summed E-state index contributed by atoms with van der Waals surface area (Å²) in [4.78, 5) is 2.34. The molecule has 98 valence electrons. The van der Waals surface area contributed by atoms with Crippen LogP contribution in [-0.4, -0.2) is 33.4 Å². The van der Waals surface area contributed by atoms with Gasteiger partial charge in [0, 0.05) is 39.0 Å². The molecule has 1 fully saturated rings. The van der Waals surface area contributed by atoms with Crippen LogP contribution >= 0.6 is 0 Å². The third-order valence-corrected chi connectivity index (χ3v) is 4.06. The normalized spacial score (nSPS) is 22.5. The van der Waals surface area contributed by atoms with Crippen molar-refractivity contribution in [1.82, 2.24) is 5.32 Å². The zero-order valence-electron chi connectivity index (χ0n) is 11.1. The predicted molar refractivity (Wildman–Crippen MR) is 74.0 cm³/mol. The summed E-state index contributed by atoms with van der Waals surface area (Å²) in [6.07, 6.45) is 2.40. The van der Waals surface area contributed by atoms with Gasteiger partial charge in [-0.1, -0.05) is 12.1 Å². The van der Waals surface area contributed by atoms with E-state index in [-0.39, 0.29) is 0 Å². The number of rotatable bonds is 4. The van der Waals surface area contributed by atoms with Gasteiger partial charge in [-0.2, -0.15) is 0 Å². The molecule has 3 heteroatoms. The highest BCUT2D eigenvalue weighted by Gasteiger charge is 2.16. The Kier molecular flexibility index (Phi) is 3.52. The zero-order valence-corrected chi connectivity index (χ0v) is 11.1. The van der Waals surface area contributed by atoms with Gasteiger partial charge in [0.05, 0.1) is 6.61 Å². The van der Waals surface area contributed by atoms with Crippen LogP contribution in [0.1, 0.15) is 17.5 Å². The van der Waals surface area contributed by atoms with Crippen molar-refractivity contribution in [2.75, 3.05) is 38.3 Å². The van der Waals surface area contributed by atoms with Crippen molar-refractivity contribution < 1.29 is 4.74 Å². The number of nitrogens with one attached hydrogen (secondary N) is 1. The molecule has 2 aliphatic heterocycles. The molecule has 0 radical (unpaired) electrons. The summed E-state index contributed by atoms with van der Waals surface area (Å²) in [5.74, 6) is 0.713. The van der Waals surface area contributed by atoms with Crippen LogP contribution in [-0.2, 0) is 17.7 Å². The van der Waals surface area contributed by atoms with Crippen molar-refractivity contribution in [2.45, 2.75) is 19.4 Å². The van der Waals surface area contributed by atoms with Crippen LogP contribution in [0.15, 0.2) is 18.2 Å². The van der Waals surface area contributed by atoms with Gasteiger partial charge in [-0.3, -0.25) is 0 Å². The number of hydrogen-bond donors (Lipinski definition) is 1. The second kappa shape index (κ2) is 5.29. The topological polar surface area (TPSA) is 24.5 Å². The maximum Gasteiger partial charge on any atom is 0.0507 e. The number of likely N-dealkylation sites (N-methyl/N-ethyl adjacent to an activating group) is 1. The summed E-state index contributed by atoms with van der Waals surface area (Å²) in [5, 5.41) is 3.55. The Balaban J connectivity index is 1.53. The van der Waals surface area contributed by atoms with Crippen molar-refractivity contribution in [3.05, 3.63) is 29.3 Å². The van der Waals surface area contributed by atoms with E-state index in [9.17, 15) is 0 Å². The Morgan fingerprint density at radius 1 is 1.44 bits per heavy atom. The van der Waals surface area contributed by atoms with Crippen molar-refractivity contribution in [3.63, 3.8) is 0 Å². The van der Waals surface area contributed by atoms with Gasteiger partial charge in [0.1, 0.15) is 0 Å². The quantitative estimate of drug-likeness (QED) is 0.877. The van der Waals surface area contributed by atoms with Gasteiger partial charge in [0.15, 0.2) is 0 Å². The predicted octanol–water partition coefficient (Wildman–Crippen LogP) is 1.80. The average molecular weight is 246 g/mol. The number of ether oxygens (including phenoxy) is 1. The molecule has 0 amide bonds. The molecule has 0 bridgehead atoms. The summed E-state index contributed by atoms with van der Waals surface area (Å²) >= 11 is 0. The van der Waals surface area contributed by atoms with E-state index in [1.807, 2.05) is 0 Å². The van der Waals surface area contributed by atoms with Gasteiger partial charge < -0.3 is 15.0 Å². The molecule has 1 N–H and O–H groups in total. The Morgan fingerprint density at radius 2 is 2.39 bits per heavy atom. The number of benzene rings is 1. The minimum Gasteiger partial charge on any atom is -0.381 e. The SMILES string of the molecule is CN1CCc2cc(CNCC3CCOC3)ccc21. The van der Waals surface area contributed by atoms with Crippen LogP contribution in [0.4, 0.5) is 5.69 Å². The third kappa shape index (κ3) is 2.52. The Hall–Kier alpha value is -1.06. The lowest BCUT2D eigenvalue weighted by molar-refractivity contribution is 0.185.